The van der Waals surface area contributed by atoms with Gasteiger partial charge >= 0.3 is 35.9 Å². The Morgan fingerprint density at radius 1 is 0.625 bits per heavy atom. The van der Waals surface area contributed by atoms with E-state index in [2.05, 4.69) is 20.9 Å². The molecular weight excluding hydrogens is 943 g/mol. The molecule has 24 nitrogen and oxygen atoms in total. The maximum absolute atomic E-state index is 14.2. The van der Waals surface area contributed by atoms with E-state index in [1.807, 2.05) is 35.2 Å². The van der Waals surface area contributed by atoms with Gasteiger partial charge in [0.15, 0.2) is 0 Å². The van der Waals surface area contributed by atoms with Gasteiger partial charge < -0.3 is 56.2 Å². The zero-order valence-electron chi connectivity index (χ0n) is 40.2. The molecule has 1 aromatic heterocycles. The molecule has 1 fully saturated rings. The minimum absolute atomic E-state index is 0.00573. The number of aromatic nitrogens is 1. The highest BCUT2D eigenvalue weighted by Gasteiger charge is 2.26. The van der Waals surface area contributed by atoms with E-state index in [9.17, 15) is 63.9 Å². The molecule has 0 spiro atoms. The number of ether oxygens (including phenoxy) is 1. The second-order valence-electron chi connectivity index (χ2n) is 17.4. The molecule has 24 heteroatoms. The molecule has 4 amide bonds. The molecule has 0 radical (unpaired) electrons. The summed E-state index contributed by atoms with van der Waals surface area (Å²) in [6, 6.07) is 12.7. The molecule has 2 atom stereocenters. The summed E-state index contributed by atoms with van der Waals surface area (Å²) in [5.41, 5.74) is 1.74. The second-order valence-corrected chi connectivity index (χ2v) is 17.4. The molecule has 0 saturated carbocycles. The maximum atomic E-state index is 14.2. The number of urea groups is 1. The topological polar surface area (TPSA) is 332 Å². The van der Waals surface area contributed by atoms with Crippen molar-refractivity contribution in [2.45, 2.75) is 63.7 Å². The van der Waals surface area contributed by atoms with Gasteiger partial charge in [0, 0.05) is 89.2 Å². The largest absolute Gasteiger partial charge is 0.480 e. The molecule has 1 saturated heterocycles. The van der Waals surface area contributed by atoms with E-state index < -0.39 is 54.8 Å². The molecule has 2 aromatic carbocycles. The number of aliphatic hydroxyl groups excluding tert-OH is 1. The molecular formula is C48H67N9O15. The van der Waals surface area contributed by atoms with E-state index in [4.69, 9.17) is 9.84 Å². The quantitative estimate of drug-likeness (QED) is 0.0353. The van der Waals surface area contributed by atoms with Crippen LogP contribution < -0.4 is 16.0 Å². The number of fused-ring (bicyclic) bond motifs is 1. The predicted octanol–water partition coefficient (Wildman–Crippen LogP) is 0.481. The van der Waals surface area contributed by atoms with Crippen LogP contribution in [0, 0.1) is 0 Å². The van der Waals surface area contributed by atoms with Gasteiger partial charge in [-0.3, -0.25) is 48.6 Å². The van der Waals surface area contributed by atoms with E-state index >= 15 is 0 Å². The monoisotopic (exact) mass is 1010 g/mol. The Morgan fingerprint density at radius 2 is 1.14 bits per heavy atom. The first-order chi connectivity index (χ1) is 34.5. The van der Waals surface area contributed by atoms with E-state index in [0.717, 1.165) is 10.8 Å². The van der Waals surface area contributed by atoms with Crippen molar-refractivity contribution in [3.63, 3.8) is 0 Å². The molecule has 0 unspecified atom stereocenters. The maximum Gasteiger partial charge on any atom is 0.326 e. The van der Waals surface area contributed by atoms with Crippen molar-refractivity contribution >= 4 is 58.5 Å². The minimum Gasteiger partial charge on any atom is -0.480 e. The van der Waals surface area contributed by atoms with Crippen molar-refractivity contribution < 1.29 is 73.7 Å². The Kier molecular flexibility index (Phi) is 24.7. The van der Waals surface area contributed by atoms with Crippen molar-refractivity contribution in [2.75, 3.05) is 98.5 Å². The van der Waals surface area contributed by atoms with E-state index in [0.29, 0.717) is 36.1 Å². The first-order valence-electron chi connectivity index (χ1n) is 23.7. The fourth-order valence-electron chi connectivity index (χ4n) is 8.09. The number of hydrogen-bond acceptors (Lipinski definition) is 15. The lowest BCUT2D eigenvalue weighted by Crippen LogP contribution is -2.51. The lowest BCUT2D eigenvalue weighted by molar-refractivity contribution is -0.140. The van der Waals surface area contributed by atoms with Gasteiger partial charge in [-0.1, -0.05) is 49.2 Å². The number of carbonyl (C=O) groups excluding carboxylic acids is 3. The van der Waals surface area contributed by atoms with Crippen LogP contribution in [0.5, 0.6) is 0 Å². The number of unbranched alkanes of at least 4 members (excludes halogenated alkanes) is 2. The normalized spacial score (nSPS) is 15.3. The highest BCUT2D eigenvalue weighted by atomic mass is 16.6. The number of pyridine rings is 1. The molecule has 0 aliphatic carbocycles. The summed E-state index contributed by atoms with van der Waals surface area (Å²) in [5, 5.41) is 65.8. The first-order valence-corrected chi connectivity index (χ1v) is 23.7. The summed E-state index contributed by atoms with van der Waals surface area (Å²) >= 11 is 0. The number of rotatable bonds is 28. The molecule has 2 heterocycles. The average molecular weight is 1010 g/mol. The van der Waals surface area contributed by atoms with Crippen LogP contribution in [-0.2, 0) is 46.6 Å². The smallest absolute Gasteiger partial charge is 0.326 e. The zero-order valence-corrected chi connectivity index (χ0v) is 40.2. The minimum atomic E-state index is -1.31. The van der Waals surface area contributed by atoms with Crippen molar-refractivity contribution in [1.82, 2.24) is 45.4 Å². The van der Waals surface area contributed by atoms with Gasteiger partial charge in [-0.15, -0.1) is 0 Å². The van der Waals surface area contributed by atoms with Gasteiger partial charge in [0.1, 0.15) is 18.9 Å². The third-order valence-corrected chi connectivity index (χ3v) is 11.9. The molecule has 0 bridgehead atoms. The van der Waals surface area contributed by atoms with Crippen LogP contribution >= 0.6 is 0 Å². The van der Waals surface area contributed by atoms with Gasteiger partial charge in [0.25, 0.3) is 5.91 Å². The Balaban J connectivity index is 1.37. The summed E-state index contributed by atoms with van der Waals surface area (Å²) in [4.78, 5) is 112. The van der Waals surface area contributed by atoms with E-state index in [-0.39, 0.29) is 136 Å². The van der Waals surface area contributed by atoms with Crippen LogP contribution in [0.15, 0.2) is 60.8 Å². The Bertz CT molecular complexity index is 2230. The van der Waals surface area contributed by atoms with Gasteiger partial charge in [-0.05, 0) is 54.8 Å². The van der Waals surface area contributed by atoms with E-state index in [1.165, 1.54) is 0 Å². The highest BCUT2D eigenvalue weighted by molar-refractivity contribution is 5.94. The molecule has 3 aromatic rings. The number of carboxylic acids is 5. The van der Waals surface area contributed by atoms with Crippen LogP contribution in [0.4, 0.5) is 4.79 Å². The SMILES string of the molecule is O=C(O)CN1CCN(CC(=O)O)CCN(CC(=O)NCc2ccc(C(=O)N(CCCCC[C@@H](NC(=O)N[C@H](CCCOCO)C(=O)O)C(=O)O)Cc3nccc4ccccc34)cc2)CCN(CC(=O)O)CC1. The second kappa shape index (κ2) is 30.8. The van der Waals surface area contributed by atoms with Gasteiger partial charge in [-0.25, -0.2) is 14.4 Å². The number of carbonyl (C=O) groups is 8. The third-order valence-electron chi connectivity index (χ3n) is 11.9. The van der Waals surface area contributed by atoms with E-state index in [1.54, 1.807) is 50.1 Å². The first kappa shape index (κ1) is 57.7. The highest BCUT2D eigenvalue weighted by Crippen LogP contribution is 2.20. The Hall–Kier alpha value is -6.83. The predicted molar refractivity (Wildman–Crippen MR) is 259 cm³/mol. The number of amides is 4. The number of carboxylic acid groups (broad SMARTS) is 5. The third kappa shape index (κ3) is 21.3. The van der Waals surface area contributed by atoms with Gasteiger partial charge in [-0.2, -0.15) is 0 Å². The number of nitrogens with zero attached hydrogens (tertiary/aromatic N) is 6. The standard InChI is InChI=1S/C48H67N9O15/c58-33-72-26-6-10-39(47(69)70)52-48(71)51-38(46(67)68)9-2-1-5-17-57(28-40-37-8-4-3-7-35(37)15-16-49-40)45(66)36-13-11-34(12-14-36)27-50-41(59)29-53-18-20-54(30-42(60)61)22-24-56(32-44(64)65)25-23-55(21-19-53)31-43(62)63/h3-4,7-8,11-16,38-39,58H,1-2,5-6,9-10,17-33H2,(H,50,59)(H,60,61)(H,62,63)(H,64,65)(H,67,68)(H,69,70)(H2,51,52,71)/t38-,39-/m1/s1. The molecule has 1 aliphatic heterocycles. The van der Waals surface area contributed by atoms with Gasteiger partial charge in [0.05, 0.1) is 38.4 Å². The fraction of sp³-hybridized carbons (Fsp3) is 0.521. The molecule has 394 valence electrons. The fourth-order valence-corrected chi connectivity index (χ4v) is 8.09. The summed E-state index contributed by atoms with van der Waals surface area (Å²) in [7, 11) is 0. The summed E-state index contributed by atoms with van der Waals surface area (Å²) in [5.74, 6) is -6.41. The number of nitrogens with one attached hydrogen (secondary N) is 3. The molecule has 72 heavy (non-hydrogen) atoms. The summed E-state index contributed by atoms with van der Waals surface area (Å²) in [6.07, 6.45) is 3.23. The molecule has 1 aliphatic rings. The van der Waals surface area contributed by atoms with Crippen LogP contribution in [0.2, 0.25) is 0 Å². The Morgan fingerprint density at radius 3 is 1.65 bits per heavy atom. The number of hydrogen-bond donors (Lipinski definition) is 9. The van der Waals surface area contributed by atoms with Crippen LogP contribution in [0.1, 0.15) is 60.1 Å². The molecule has 9 N–H and O–H groups in total. The van der Waals surface area contributed by atoms with Gasteiger partial charge in [0.2, 0.25) is 5.91 Å². The lowest BCUT2D eigenvalue weighted by Gasteiger charge is -2.32. The number of aliphatic hydroxyl groups is 1. The van der Waals surface area contributed by atoms with Crippen LogP contribution in [-0.4, -0.2) is 218 Å². The van der Waals surface area contributed by atoms with Crippen LogP contribution in [0.3, 0.4) is 0 Å². The molecule has 4 rings (SSSR count). The average Bonchev–Trinajstić information content (AvgIpc) is 3.33. The van der Waals surface area contributed by atoms with Crippen molar-refractivity contribution in [1.29, 1.82) is 0 Å². The van der Waals surface area contributed by atoms with Crippen molar-refractivity contribution in [2.24, 2.45) is 0 Å². The summed E-state index contributed by atoms with van der Waals surface area (Å²) in [6.45, 7) is 1.24. The Labute approximate surface area is 416 Å². The van der Waals surface area contributed by atoms with Crippen molar-refractivity contribution in [3.05, 3.63) is 77.6 Å². The van der Waals surface area contributed by atoms with Crippen molar-refractivity contribution in [3.8, 4) is 0 Å². The lowest BCUT2D eigenvalue weighted by atomic mass is 10.1. The van der Waals surface area contributed by atoms with Crippen LogP contribution in [0.25, 0.3) is 10.8 Å². The number of aliphatic carboxylic acids is 5. The number of benzene rings is 2. The zero-order chi connectivity index (χ0) is 52.4. The summed E-state index contributed by atoms with van der Waals surface area (Å²) < 4.78 is 4.79.